The smallest absolute Gasteiger partial charge is 0.182 e. The van der Waals surface area contributed by atoms with Crippen LogP contribution in [0.25, 0.3) is 11.4 Å². The van der Waals surface area contributed by atoms with Crippen molar-refractivity contribution in [2.24, 2.45) is 5.92 Å². The van der Waals surface area contributed by atoms with Gasteiger partial charge in [-0.3, -0.25) is 0 Å². The van der Waals surface area contributed by atoms with Crippen molar-refractivity contribution in [1.29, 1.82) is 0 Å². The topological polar surface area (TPSA) is 69.6 Å². The lowest BCUT2D eigenvalue weighted by atomic mass is 10.2. The van der Waals surface area contributed by atoms with Gasteiger partial charge in [0.25, 0.3) is 0 Å². The quantitative estimate of drug-likeness (QED) is 0.816. The minimum atomic E-state index is 0.464. The third kappa shape index (κ3) is 1.77. The first kappa shape index (κ1) is 10.3. The van der Waals surface area contributed by atoms with Crippen molar-refractivity contribution >= 4 is 5.69 Å². The SMILES string of the molecule is CCC1CC1n1nnnc1-c1cccc(N)c1. The average Bonchev–Trinajstić information content (AvgIpc) is 2.96. The van der Waals surface area contributed by atoms with Crippen LogP contribution in [0.15, 0.2) is 24.3 Å². The number of hydrogen-bond acceptors (Lipinski definition) is 4. The first-order valence-electron chi connectivity index (χ1n) is 5.93. The van der Waals surface area contributed by atoms with Gasteiger partial charge in [0.15, 0.2) is 5.82 Å². The number of benzene rings is 1. The summed E-state index contributed by atoms with van der Waals surface area (Å²) in [6.45, 7) is 2.20. The lowest BCUT2D eigenvalue weighted by Gasteiger charge is -2.04. The Morgan fingerprint density at radius 1 is 1.47 bits per heavy atom. The average molecular weight is 229 g/mol. The Balaban J connectivity index is 1.96. The van der Waals surface area contributed by atoms with Gasteiger partial charge in [0.2, 0.25) is 0 Å². The van der Waals surface area contributed by atoms with Crippen molar-refractivity contribution in [3.05, 3.63) is 24.3 Å². The first-order chi connectivity index (χ1) is 8.29. The maximum Gasteiger partial charge on any atom is 0.182 e. The van der Waals surface area contributed by atoms with Crippen molar-refractivity contribution in [1.82, 2.24) is 20.2 Å². The van der Waals surface area contributed by atoms with E-state index in [1.54, 1.807) is 0 Å². The molecule has 0 amide bonds. The summed E-state index contributed by atoms with van der Waals surface area (Å²) in [4.78, 5) is 0. The summed E-state index contributed by atoms with van der Waals surface area (Å²) < 4.78 is 1.93. The van der Waals surface area contributed by atoms with E-state index in [9.17, 15) is 0 Å². The lowest BCUT2D eigenvalue weighted by Crippen LogP contribution is -2.02. The summed E-state index contributed by atoms with van der Waals surface area (Å²) in [6, 6.07) is 8.15. The van der Waals surface area contributed by atoms with Gasteiger partial charge in [-0.05, 0) is 34.9 Å². The lowest BCUT2D eigenvalue weighted by molar-refractivity contribution is 0.563. The number of rotatable bonds is 3. The molecule has 0 radical (unpaired) electrons. The maximum absolute atomic E-state index is 5.78. The van der Waals surface area contributed by atoms with E-state index in [4.69, 9.17) is 5.73 Å². The van der Waals surface area contributed by atoms with Crippen molar-refractivity contribution in [3.63, 3.8) is 0 Å². The molecule has 0 saturated heterocycles. The Morgan fingerprint density at radius 2 is 2.35 bits per heavy atom. The van der Waals surface area contributed by atoms with Crippen molar-refractivity contribution in [3.8, 4) is 11.4 Å². The van der Waals surface area contributed by atoms with Gasteiger partial charge in [0, 0.05) is 11.3 Å². The van der Waals surface area contributed by atoms with Gasteiger partial charge in [-0.2, -0.15) is 0 Å². The van der Waals surface area contributed by atoms with E-state index in [1.165, 1.54) is 12.8 Å². The molecule has 0 bridgehead atoms. The molecule has 0 spiro atoms. The Hall–Kier alpha value is -1.91. The van der Waals surface area contributed by atoms with Gasteiger partial charge in [-0.1, -0.05) is 25.5 Å². The number of tetrazole rings is 1. The minimum absolute atomic E-state index is 0.464. The van der Waals surface area contributed by atoms with Crippen molar-refractivity contribution < 1.29 is 0 Å². The minimum Gasteiger partial charge on any atom is -0.399 e. The zero-order chi connectivity index (χ0) is 11.8. The predicted molar refractivity (Wildman–Crippen MR) is 65.1 cm³/mol. The van der Waals surface area contributed by atoms with E-state index in [2.05, 4.69) is 22.4 Å². The number of hydrogen-bond donors (Lipinski definition) is 1. The molecular formula is C12H15N5. The molecule has 88 valence electrons. The number of nitrogens with two attached hydrogens (primary N) is 1. The maximum atomic E-state index is 5.78. The third-order valence-corrected chi connectivity index (χ3v) is 3.36. The fourth-order valence-corrected chi connectivity index (χ4v) is 2.25. The Morgan fingerprint density at radius 3 is 3.06 bits per heavy atom. The van der Waals surface area contributed by atoms with Crippen LogP contribution in [-0.2, 0) is 0 Å². The summed E-state index contributed by atoms with van der Waals surface area (Å²) in [7, 11) is 0. The van der Waals surface area contributed by atoms with Crippen LogP contribution in [0.5, 0.6) is 0 Å². The molecule has 1 saturated carbocycles. The molecule has 17 heavy (non-hydrogen) atoms. The van der Waals surface area contributed by atoms with E-state index in [0.29, 0.717) is 6.04 Å². The molecule has 2 N–H and O–H groups in total. The molecule has 1 aromatic heterocycles. The standard InChI is InChI=1S/C12H15N5/c1-2-8-7-11(8)17-12(14-15-16-17)9-4-3-5-10(13)6-9/h3-6,8,11H,2,7,13H2,1H3. The molecule has 5 nitrogen and oxygen atoms in total. The van der Waals surface area contributed by atoms with Crippen LogP contribution < -0.4 is 5.73 Å². The molecule has 0 aliphatic heterocycles. The highest BCUT2D eigenvalue weighted by Crippen LogP contribution is 2.46. The fraction of sp³-hybridized carbons (Fsp3) is 0.417. The molecular weight excluding hydrogens is 214 g/mol. The molecule has 2 unspecified atom stereocenters. The third-order valence-electron chi connectivity index (χ3n) is 3.36. The Bertz CT molecular complexity index is 533. The van der Waals surface area contributed by atoms with Crippen LogP contribution in [0, 0.1) is 5.92 Å². The highest BCUT2D eigenvalue weighted by Gasteiger charge is 2.39. The Kier molecular flexibility index (Phi) is 2.31. The molecule has 1 fully saturated rings. The van der Waals surface area contributed by atoms with Crippen molar-refractivity contribution in [2.45, 2.75) is 25.8 Å². The van der Waals surface area contributed by atoms with Gasteiger partial charge in [-0.15, -0.1) is 5.10 Å². The Labute approximate surface area is 99.6 Å². The largest absolute Gasteiger partial charge is 0.399 e. The summed E-state index contributed by atoms with van der Waals surface area (Å²) in [5.74, 6) is 1.54. The highest BCUT2D eigenvalue weighted by atomic mass is 15.6. The predicted octanol–water partition coefficient (Wildman–Crippen LogP) is 1.89. The molecule has 1 heterocycles. The fourth-order valence-electron chi connectivity index (χ4n) is 2.25. The number of aromatic nitrogens is 4. The van der Waals surface area contributed by atoms with Crippen LogP contribution in [0.4, 0.5) is 5.69 Å². The van der Waals surface area contributed by atoms with E-state index >= 15 is 0 Å². The zero-order valence-electron chi connectivity index (χ0n) is 9.74. The molecule has 1 aliphatic rings. The molecule has 5 heteroatoms. The monoisotopic (exact) mass is 229 g/mol. The summed E-state index contributed by atoms with van der Waals surface area (Å²) >= 11 is 0. The molecule has 2 atom stereocenters. The summed E-state index contributed by atoms with van der Waals surface area (Å²) in [6.07, 6.45) is 2.36. The second kappa shape index (κ2) is 3.84. The zero-order valence-corrected chi connectivity index (χ0v) is 9.74. The van der Waals surface area contributed by atoms with E-state index in [-0.39, 0.29) is 0 Å². The summed E-state index contributed by atoms with van der Waals surface area (Å²) in [5.41, 5.74) is 7.50. The van der Waals surface area contributed by atoms with Gasteiger partial charge in [0.1, 0.15) is 0 Å². The van der Waals surface area contributed by atoms with Crippen LogP contribution in [-0.4, -0.2) is 20.2 Å². The van der Waals surface area contributed by atoms with E-state index in [1.807, 2.05) is 28.9 Å². The van der Waals surface area contributed by atoms with Crippen molar-refractivity contribution in [2.75, 3.05) is 5.73 Å². The normalized spacial score (nSPS) is 22.6. The van der Waals surface area contributed by atoms with Crippen LogP contribution >= 0.6 is 0 Å². The van der Waals surface area contributed by atoms with Gasteiger partial charge < -0.3 is 5.73 Å². The van der Waals surface area contributed by atoms with Gasteiger partial charge in [-0.25, -0.2) is 4.68 Å². The number of nitrogen functional groups attached to an aromatic ring is 1. The second-order valence-electron chi connectivity index (χ2n) is 4.54. The molecule has 2 aromatic rings. The molecule has 1 aliphatic carbocycles. The summed E-state index contributed by atoms with van der Waals surface area (Å²) in [5, 5.41) is 12.0. The molecule has 3 rings (SSSR count). The second-order valence-corrected chi connectivity index (χ2v) is 4.54. The van der Waals surface area contributed by atoms with Gasteiger partial charge in [0.05, 0.1) is 6.04 Å². The van der Waals surface area contributed by atoms with Gasteiger partial charge >= 0.3 is 0 Å². The van der Waals surface area contributed by atoms with Crippen LogP contribution in [0.1, 0.15) is 25.8 Å². The number of anilines is 1. The van der Waals surface area contributed by atoms with E-state index < -0.39 is 0 Å². The van der Waals surface area contributed by atoms with Crippen LogP contribution in [0.3, 0.4) is 0 Å². The first-order valence-corrected chi connectivity index (χ1v) is 5.93. The molecule has 1 aromatic carbocycles. The highest BCUT2D eigenvalue weighted by molar-refractivity contribution is 5.60. The number of nitrogens with zero attached hydrogens (tertiary/aromatic N) is 4. The van der Waals surface area contributed by atoms with E-state index in [0.717, 1.165) is 23.0 Å². The van der Waals surface area contributed by atoms with Crippen LogP contribution in [0.2, 0.25) is 0 Å².